The fourth-order valence-electron chi connectivity index (χ4n) is 2.64. The number of rotatable bonds is 6. The van der Waals surface area contributed by atoms with Crippen molar-refractivity contribution >= 4 is 5.97 Å². The third kappa shape index (κ3) is 3.31. The van der Waals surface area contributed by atoms with Crippen LogP contribution in [0.2, 0.25) is 0 Å². The van der Waals surface area contributed by atoms with Crippen molar-refractivity contribution < 1.29 is 15.0 Å². The van der Waals surface area contributed by atoms with E-state index < -0.39 is 17.5 Å². The van der Waals surface area contributed by atoms with Crippen molar-refractivity contribution in [1.29, 1.82) is 0 Å². The molecule has 3 heteroatoms. The summed E-state index contributed by atoms with van der Waals surface area (Å²) in [7, 11) is 0. The molecule has 0 aliphatic rings. The zero-order valence-corrected chi connectivity index (χ0v) is 12.1. The SMILES string of the molecule is CCC(O)(C(=O)O)C(Cc1ccccc1)c1ccccc1. The van der Waals surface area contributed by atoms with Gasteiger partial charge in [-0.3, -0.25) is 0 Å². The van der Waals surface area contributed by atoms with Crippen LogP contribution in [-0.4, -0.2) is 21.8 Å². The average Bonchev–Trinajstić information content (AvgIpc) is 2.53. The summed E-state index contributed by atoms with van der Waals surface area (Å²) in [6.45, 7) is 1.70. The van der Waals surface area contributed by atoms with Crippen LogP contribution < -0.4 is 0 Å². The average molecular weight is 284 g/mol. The van der Waals surface area contributed by atoms with Gasteiger partial charge in [-0.25, -0.2) is 4.79 Å². The van der Waals surface area contributed by atoms with Gasteiger partial charge in [0.15, 0.2) is 5.60 Å². The minimum absolute atomic E-state index is 0.161. The van der Waals surface area contributed by atoms with Crippen LogP contribution in [0.15, 0.2) is 60.7 Å². The van der Waals surface area contributed by atoms with Crippen molar-refractivity contribution in [3.63, 3.8) is 0 Å². The van der Waals surface area contributed by atoms with Crippen molar-refractivity contribution in [2.75, 3.05) is 0 Å². The molecule has 0 fully saturated rings. The van der Waals surface area contributed by atoms with Gasteiger partial charge in [-0.1, -0.05) is 67.6 Å². The Morgan fingerprint density at radius 2 is 1.57 bits per heavy atom. The Morgan fingerprint density at radius 3 is 2.05 bits per heavy atom. The molecule has 0 aliphatic heterocycles. The van der Waals surface area contributed by atoms with Gasteiger partial charge in [0, 0.05) is 5.92 Å². The van der Waals surface area contributed by atoms with Gasteiger partial charge in [0.1, 0.15) is 0 Å². The summed E-state index contributed by atoms with van der Waals surface area (Å²) in [6, 6.07) is 19.0. The number of hydrogen-bond acceptors (Lipinski definition) is 2. The van der Waals surface area contributed by atoms with E-state index in [4.69, 9.17) is 0 Å². The molecular formula is C18H20O3. The molecule has 0 saturated heterocycles. The molecular weight excluding hydrogens is 264 g/mol. The molecule has 2 aromatic carbocycles. The van der Waals surface area contributed by atoms with Crippen LogP contribution in [0.3, 0.4) is 0 Å². The zero-order chi connectivity index (χ0) is 15.3. The summed E-state index contributed by atoms with van der Waals surface area (Å²) in [5.41, 5.74) is 0.0876. The Kier molecular flexibility index (Phi) is 4.76. The van der Waals surface area contributed by atoms with E-state index >= 15 is 0 Å². The van der Waals surface area contributed by atoms with Gasteiger partial charge in [0.05, 0.1) is 0 Å². The number of carboxylic acid groups (broad SMARTS) is 1. The van der Waals surface area contributed by atoms with Crippen molar-refractivity contribution in [2.45, 2.75) is 31.3 Å². The van der Waals surface area contributed by atoms with E-state index in [0.29, 0.717) is 6.42 Å². The van der Waals surface area contributed by atoms with Gasteiger partial charge in [-0.15, -0.1) is 0 Å². The van der Waals surface area contributed by atoms with Crippen LogP contribution in [0.4, 0.5) is 0 Å². The van der Waals surface area contributed by atoms with E-state index in [1.54, 1.807) is 6.92 Å². The third-order valence-electron chi connectivity index (χ3n) is 3.97. The minimum atomic E-state index is -1.77. The summed E-state index contributed by atoms with van der Waals surface area (Å²) >= 11 is 0. The van der Waals surface area contributed by atoms with Crippen molar-refractivity contribution in [2.24, 2.45) is 0 Å². The van der Waals surface area contributed by atoms with Crippen molar-refractivity contribution in [1.82, 2.24) is 0 Å². The monoisotopic (exact) mass is 284 g/mol. The van der Waals surface area contributed by atoms with E-state index in [1.807, 2.05) is 60.7 Å². The number of carboxylic acids is 1. The fraction of sp³-hybridized carbons (Fsp3) is 0.278. The van der Waals surface area contributed by atoms with Crippen LogP contribution in [0.25, 0.3) is 0 Å². The molecule has 2 rings (SSSR count). The number of benzene rings is 2. The predicted molar refractivity (Wildman–Crippen MR) is 82.2 cm³/mol. The highest BCUT2D eigenvalue weighted by molar-refractivity contribution is 5.78. The molecule has 0 heterocycles. The van der Waals surface area contributed by atoms with E-state index in [2.05, 4.69) is 0 Å². The third-order valence-corrected chi connectivity index (χ3v) is 3.97. The molecule has 21 heavy (non-hydrogen) atoms. The van der Waals surface area contributed by atoms with Gasteiger partial charge in [-0.2, -0.15) is 0 Å². The zero-order valence-electron chi connectivity index (χ0n) is 12.1. The van der Waals surface area contributed by atoms with Gasteiger partial charge >= 0.3 is 5.97 Å². The molecule has 0 aliphatic carbocycles. The summed E-state index contributed by atoms with van der Waals surface area (Å²) in [4.78, 5) is 11.6. The Hall–Kier alpha value is -2.13. The second kappa shape index (κ2) is 6.55. The van der Waals surface area contributed by atoms with Crippen LogP contribution in [0.1, 0.15) is 30.4 Å². The van der Waals surface area contributed by atoms with Gasteiger partial charge in [0.25, 0.3) is 0 Å². The smallest absolute Gasteiger partial charge is 0.336 e. The van der Waals surface area contributed by atoms with Crippen LogP contribution in [-0.2, 0) is 11.2 Å². The first kappa shape index (κ1) is 15.3. The number of carbonyl (C=O) groups is 1. The highest BCUT2D eigenvalue weighted by Gasteiger charge is 2.43. The molecule has 0 amide bonds. The maximum atomic E-state index is 11.6. The quantitative estimate of drug-likeness (QED) is 0.856. The summed E-state index contributed by atoms with van der Waals surface area (Å²) in [5, 5.41) is 20.2. The largest absolute Gasteiger partial charge is 0.479 e. The molecule has 0 aromatic heterocycles. The lowest BCUT2D eigenvalue weighted by atomic mass is 9.76. The second-order valence-electron chi connectivity index (χ2n) is 5.24. The van der Waals surface area contributed by atoms with Crippen LogP contribution in [0, 0.1) is 0 Å². The van der Waals surface area contributed by atoms with Crippen LogP contribution in [0.5, 0.6) is 0 Å². The molecule has 3 nitrogen and oxygen atoms in total. The predicted octanol–water partition coefficient (Wildman–Crippen LogP) is 3.24. The molecule has 2 aromatic rings. The Bertz CT molecular complexity index is 580. The Labute approximate surface area is 124 Å². The second-order valence-corrected chi connectivity index (χ2v) is 5.24. The molecule has 2 unspecified atom stereocenters. The van der Waals surface area contributed by atoms with E-state index in [1.165, 1.54) is 0 Å². The van der Waals surface area contributed by atoms with Gasteiger partial charge in [0.2, 0.25) is 0 Å². The molecule has 0 radical (unpaired) electrons. The summed E-state index contributed by atoms with van der Waals surface area (Å²) in [5.74, 6) is -1.65. The first-order valence-corrected chi connectivity index (χ1v) is 7.12. The first-order valence-electron chi connectivity index (χ1n) is 7.12. The highest BCUT2D eigenvalue weighted by atomic mass is 16.4. The molecule has 0 spiro atoms. The molecule has 2 atom stereocenters. The van der Waals surface area contributed by atoms with Gasteiger partial charge < -0.3 is 10.2 Å². The standard InChI is InChI=1S/C18H20O3/c1-2-18(21,17(19)20)16(15-11-7-4-8-12-15)13-14-9-5-3-6-10-14/h3-12,16,21H,2,13H2,1H3,(H,19,20). The lowest BCUT2D eigenvalue weighted by Crippen LogP contribution is -2.44. The fourth-order valence-corrected chi connectivity index (χ4v) is 2.64. The van der Waals surface area contributed by atoms with E-state index in [0.717, 1.165) is 11.1 Å². The number of hydrogen-bond donors (Lipinski definition) is 2. The Balaban J connectivity index is 2.42. The highest BCUT2D eigenvalue weighted by Crippen LogP contribution is 2.34. The molecule has 110 valence electrons. The number of aliphatic carboxylic acids is 1. The van der Waals surface area contributed by atoms with Gasteiger partial charge in [-0.05, 0) is 24.0 Å². The lowest BCUT2D eigenvalue weighted by molar-refractivity contribution is -0.161. The van der Waals surface area contributed by atoms with E-state index in [-0.39, 0.29) is 6.42 Å². The summed E-state index contributed by atoms with van der Waals surface area (Å²) in [6.07, 6.45) is 0.649. The number of aliphatic hydroxyl groups is 1. The topological polar surface area (TPSA) is 57.5 Å². The van der Waals surface area contributed by atoms with Crippen molar-refractivity contribution in [3.8, 4) is 0 Å². The van der Waals surface area contributed by atoms with E-state index in [9.17, 15) is 15.0 Å². The molecule has 2 N–H and O–H groups in total. The molecule has 0 saturated carbocycles. The van der Waals surface area contributed by atoms with Crippen molar-refractivity contribution in [3.05, 3.63) is 71.8 Å². The minimum Gasteiger partial charge on any atom is -0.479 e. The Morgan fingerprint density at radius 1 is 1.05 bits per heavy atom. The first-order chi connectivity index (χ1) is 10.1. The normalized spacial score (nSPS) is 15.1. The summed E-state index contributed by atoms with van der Waals surface area (Å²) < 4.78 is 0. The van der Waals surface area contributed by atoms with Crippen LogP contribution >= 0.6 is 0 Å². The maximum Gasteiger partial charge on any atom is 0.336 e. The maximum absolute atomic E-state index is 11.6. The lowest BCUT2D eigenvalue weighted by Gasteiger charge is -2.32. The molecule has 0 bridgehead atoms.